The van der Waals surface area contributed by atoms with Gasteiger partial charge in [-0.1, -0.05) is 163 Å². The molecule has 0 aliphatic carbocycles. The highest BCUT2D eigenvalue weighted by molar-refractivity contribution is 6.11. The fourth-order valence-corrected chi connectivity index (χ4v) is 10.3. The van der Waals surface area contributed by atoms with Crippen molar-refractivity contribution in [3.05, 3.63) is 266 Å². The number of hydrogen-bond donors (Lipinski definition) is 0. The molecule has 0 atom stereocenters. The lowest BCUT2D eigenvalue weighted by Gasteiger charge is -2.17. The molecule has 4 aromatic heterocycles. The van der Waals surface area contributed by atoms with E-state index in [1.165, 1.54) is 71.5 Å². The Hall–Kier alpha value is -9.12. The normalized spacial score (nSPS) is 11.3. The van der Waals surface area contributed by atoms with Gasteiger partial charge in [-0.25, -0.2) is 4.98 Å². The average Bonchev–Trinajstić information content (AvgIpc) is 3.94. The summed E-state index contributed by atoms with van der Waals surface area (Å²) in [6.07, 6.45) is 4.05. The molecule has 0 saturated carbocycles. The summed E-state index contributed by atoms with van der Waals surface area (Å²) >= 11 is 0. The minimum atomic E-state index is 0.885. The van der Waals surface area contributed by atoms with Crippen LogP contribution in [0, 0.1) is 20.8 Å². The molecule has 0 bridgehead atoms. The highest BCUT2D eigenvalue weighted by atomic mass is 15.1. The highest BCUT2D eigenvalue weighted by Gasteiger charge is 2.18. The summed E-state index contributed by atoms with van der Waals surface area (Å²) in [5, 5.41) is 4.88. The molecule has 4 nitrogen and oxygen atoms in total. The van der Waals surface area contributed by atoms with Crippen LogP contribution in [0.3, 0.4) is 0 Å². The Bertz CT molecular complexity index is 4040. The smallest absolute Gasteiger partial charge is 0.137 e. The SMILES string of the molecule is Cc1ccccc1.Cc1ccccc1-c1cc(-c2ccc(-c3ccc4c(c3)c3ccccc3n4-c3ccccc3)cn2)cc(-c2ccc(-n3c4ccccc4c4cc(-c5ccccc5)ccc43)nc2)c1C. The second-order valence-electron chi connectivity index (χ2n) is 18.4. The molecular formula is C67H50N4. The summed E-state index contributed by atoms with van der Waals surface area (Å²) in [6.45, 7) is 6.50. The molecule has 4 heteroatoms. The van der Waals surface area contributed by atoms with Crippen LogP contribution in [0.5, 0.6) is 0 Å². The number of para-hydroxylation sites is 3. The van der Waals surface area contributed by atoms with Gasteiger partial charge in [-0.3, -0.25) is 9.55 Å². The highest BCUT2D eigenvalue weighted by Crippen LogP contribution is 2.40. The number of aryl methyl sites for hydroxylation is 2. The third kappa shape index (κ3) is 8.05. The van der Waals surface area contributed by atoms with E-state index in [-0.39, 0.29) is 0 Å². The lowest BCUT2D eigenvalue weighted by Crippen LogP contribution is -1.98. The minimum absolute atomic E-state index is 0.885. The van der Waals surface area contributed by atoms with Crippen molar-refractivity contribution in [2.24, 2.45) is 0 Å². The molecule has 13 rings (SSSR count). The molecule has 9 aromatic carbocycles. The quantitative estimate of drug-likeness (QED) is 0.160. The van der Waals surface area contributed by atoms with Gasteiger partial charge in [0.25, 0.3) is 0 Å². The van der Waals surface area contributed by atoms with Crippen LogP contribution in [-0.2, 0) is 0 Å². The lowest BCUT2D eigenvalue weighted by atomic mass is 9.88. The topological polar surface area (TPSA) is 35.6 Å². The maximum absolute atomic E-state index is 5.19. The van der Waals surface area contributed by atoms with Gasteiger partial charge in [-0.15, -0.1) is 0 Å². The molecule has 0 saturated heterocycles. The Kier molecular flexibility index (Phi) is 11.2. The van der Waals surface area contributed by atoms with Crippen LogP contribution in [0.15, 0.2) is 249 Å². The Balaban J connectivity index is 0.000000683. The predicted molar refractivity (Wildman–Crippen MR) is 299 cm³/mol. The molecule has 0 fully saturated rings. The van der Waals surface area contributed by atoms with E-state index >= 15 is 0 Å². The third-order valence-corrected chi connectivity index (χ3v) is 13.9. The zero-order valence-electron chi connectivity index (χ0n) is 40.0. The second-order valence-corrected chi connectivity index (χ2v) is 18.4. The van der Waals surface area contributed by atoms with E-state index < -0.39 is 0 Å². The number of aromatic nitrogens is 4. The van der Waals surface area contributed by atoms with Gasteiger partial charge in [0.2, 0.25) is 0 Å². The summed E-state index contributed by atoms with van der Waals surface area (Å²) in [4.78, 5) is 10.3. The van der Waals surface area contributed by atoms with Gasteiger partial charge in [-0.2, -0.15) is 0 Å². The Labute approximate surface area is 414 Å². The molecule has 0 unspecified atom stereocenters. The van der Waals surface area contributed by atoms with Gasteiger partial charge >= 0.3 is 0 Å². The summed E-state index contributed by atoms with van der Waals surface area (Å²) in [5.41, 5.74) is 20.8. The molecule has 4 heterocycles. The second kappa shape index (κ2) is 18.4. The van der Waals surface area contributed by atoms with Gasteiger partial charge < -0.3 is 4.57 Å². The van der Waals surface area contributed by atoms with E-state index in [4.69, 9.17) is 9.97 Å². The van der Waals surface area contributed by atoms with Crippen molar-refractivity contribution in [2.75, 3.05) is 0 Å². The number of pyridine rings is 2. The van der Waals surface area contributed by atoms with Crippen molar-refractivity contribution in [3.8, 4) is 67.3 Å². The monoisotopic (exact) mass is 910 g/mol. The van der Waals surface area contributed by atoms with E-state index in [0.29, 0.717) is 0 Å². The number of rotatable bonds is 7. The number of benzene rings is 9. The first-order chi connectivity index (χ1) is 35.0. The zero-order chi connectivity index (χ0) is 47.8. The van der Waals surface area contributed by atoms with Crippen LogP contribution in [0.2, 0.25) is 0 Å². The molecule has 0 radical (unpaired) electrons. The molecule has 0 N–H and O–H groups in total. The van der Waals surface area contributed by atoms with Crippen molar-refractivity contribution in [1.82, 2.24) is 19.1 Å². The molecular weight excluding hydrogens is 861 g/mol. The van der Waals surface area contributed by atoms with E-state index in [1.54, 1.807) is 0 Å². The van der Waals surface area contributed by atoms with Crippen LogP contribution in [0.25, 0.3) is 111 Å². The Morgan fingerprint density at radius 2 is 0.831 bits per heavy atom. The van der Waals surface area contributed by atoms with E-state index in [0.717, 1.165) is 56.0 Å². The molecule has 338 valence electrons. The number of fused-ring (bicyclic) bond motifs is 6. The Morgan fingerprint density at radius 3 is 1.45 bits per heavy atom. The molecule has 13 aromatic rings. The first-order valence-corrected chi connectivity index (χ1v) is 24.3. The fourth-order valence-electron chi connectivity index (χ4n) is 10.3. The van der Waals surface area contributed by atoms with Gasteiger partial charge in [0.1, 0.15) is 5.82 Å². The van der Waals surface area contributed by atoms with Crippen LogP contribution in [0.4, 0.5) is 0 Å². The fraction of sp³-hybridized carbons (Fsp3) is 0.0448. The van der Waals surface area contributed by atoms with E-state index in [9.17, 15) is 0 Å². The standard InChI is InChI=1S/C60H42N4.C7H8/c1-39-15-9-10-20-48(39)52-36-46(55-29-25-44(37-61-55)43-27-30-58-53(34-43)49-21-11-13-23-56(49)63(58)47-18-7-4-8-19-47)35-51(40(52)2)45-28-32-60(62-38-45)64-57-24-14-12-22-50(57)54-33-42(26-31-59(54)64)41-16-5-3-6-17-41;1-7-5-3-2-4-6-7/h3-38H,1-2H3;2-6H,1H3. The molecule has 0 spiro atoms. The molecule has 71 heavy (non-hydrogen) atoms. The van der Waals surface area contributed by atoms with Crippen molar-refractivity contribution in [1.29, 1.82) is 0 Å². The maximum atomic E-state index is 5.19. The van der Waals surface area contributed by atoms with Gasteiger partial charge in [0.05, 0.1) is 27.8 Å². The zero-order valence-corrected chi connectivity index (χ0v) is 40.0. The first-order valence-electron chi connectivity index (χ1n) is 24.3. The average molecular weight is 911 g/mol. The third-order valence-electron chi connectivity index (χ3n) is 13.9. The summed E-state index contributed by atoms with van der Waals surface area (Å²) < 4.78 is 4.64. The van der Waals surface area contributed by atoms with Crippen LogP contribution < -0.4 is 0 Å². The summed E-state index contributed by atoms with van der Waals surface area (Å²) in [6, 6.07) is 84.3. The van der Waals surface area contributed by atoms with Crippen molar-refractivity contribution >= 4 is 43.6 Å². The number of nitrogens with zero attached hydrogens (tertiary/aromatic N) is 4. The van der Waals surface area contributed by atoms with Gasteiger partial charge in [-0.05, 0) is 144 Å². The van der Waals surface area contributed by atoms with Crippen molar-refractivity contribution in [3.63, 3.8) is 0 Å². The van der Waals surface area contributed by atoms with E-state index in [2.05, 4.69) is 248 Å². The van der Waals surface area contributed by atoms with E-state index in [1.807, 2.05) is 30.6 Å². The lowest BCUT2D eigenvalue weighted by molar-refractivity contribution is 1.08. The molecule has 0 aliphatic heterocycles. The largest absolute Gasteiger partial charge is 0.309 e. The van der Waals surface area contributed by atoms with Crippen molar-refractivity contribution < 1.29 is 0 Å². The first kappa shape index (κ1) is 43.2. The van der Waals surface area contributed by atoms with Crippen LogP contribution in [-0.4, -0.2) is 19.1 Å². The van der Waals surface area contributed by atoms with Crippen LogP contribution in [0.1, 0.15) is 16.7 Å². The minimum Gasteiger partial charge on any atom is -0.309 e. The summed E-state index contributed by atoms with van der Waals surface area (Å²) in [5.74, 6) is 0.885. The maximum Gasteiger partial charge on any atom is 0.137 e. The number of hydrogen-bond acceptors (Lipinski definition) is 2. The summed E-state index contributed by atoms with van der Waals surface area (Å²) in [7, 11) is 0. The van der Waals surface area contributed by atoms with Crippen molar-refractivity contribution in [2.45, 2.75) is 20.8 Å². The van der Waals surface area contributed by atoms with Crippen LogP contribution >= 0.6 is 0 Å². The van der Waals surface area contributed by atoms with Gasteiger partial charge in [0.15, 0.2) is 0 Å². The molecule has 0 amide bonds. The van der Waals surface area contributed by atoms with Gasteiger partial charge in [0, 0.05) is 56.3 Å². The predicted octanol–water partition coefficient (Wildman–Crippen LogP) is 17.6. The Morgan fingerprint density at radius 1 is 0.310 bits per heavy atom. The molecule has 0 aliphatic rings.